The molecule has 0 bridgehead atoms. The molecule has 0 saturated heterocycles. The Labute approximate surface area is 136 Å². The second kappa shape index (κ2) is 7.49. The van der Waals surface area contributed by atoms with Gasteiger partial charge in [0.2, 0.25) is 5.91 Å². The van der Waals surface area contributed by atoms with Gasteiger partial charge in [0.15, 0.2) is 0 Å². The van der Waals surface area contributed by atoms with E-state index in [1.807, 2.05) is 44.2 Å². The lowest BCUT2D eigenvalue weighted by Gasteiger charge is -2.08. The average molecular weight is 311 g/mol. The summed E-state index contributed by atoms with van der Waals surface area (Å²) in [4.78, 5) is 12.1. The Hall–Kier alpha value is -2.75. The number of ether oxygens (including phenoxy) is 2. The van der Waals surface area contributed by atoms with E-state index in [0.717, 1.165) is 22.4 Å². The summed E-state index contributed by atoms with van der Waals surface area (Å²) in [6.07, 6.45) is 3.22. The van der Waals surface area contributed by atoms with Gasteiger partial charge < -0.3 is 14.8 Å². The van der Waals surface area contributed by atoms with Crippen molar-refractivity contribution in [1.29, 1.82) is 0 Å². The molecular formula is C19H21NO3. The van der Waals surface area contributed by atoms with Gasteiger partial charge in [0.05, 0.1) is 14.2 Å². The van der Waals surface area contributed by atoms with Crippen molar-refractivity contribution < 1.29 is 14.3 Å². The van der Waals surface area contributed by atoms with Crippen molar-refractivity contribution in [3.63, 3.8) is 0 Å². The third kappa shape index (κ3) is 4.36. The maximum absolute atomic E-state index is 12.1. The molecule has 2 rings (SSSR count). The van der Waals surface area contributed by atoms with Crippen LogP contribution in [-0.2, 0) is 4.79 Å². The Balaban J connectivity index is 2.13. The van der Waals surface area contributed by atoms with Gasteiger partial charge in [0.25, 0.3) is 0 Å². The van der Waals surface area contributed by atoms with Crippen molar-refractivity contribution in [2.45, 2.75) is 13.8 Å². The van der Waals surface area contributed by atoms with Crippen LogP contribution >= 0.6 is 0 Å². The van der Waals surface area contributed by atoms with E-state index in [0.29, 0.717) is 11.5 Å². The summed E-state index contributed by atoms with van der Waals surface area (Å²) in [6, 6.07) is 11.3. The number of methoxy groups -OCH3 is 2. The van der Waals surface area contributed by atoms with Crippen LogP contribution in [0.4, 0.5) is 5.69 Å². The molecule has 0 radical (unpaired) electrons. The fourth-order valence-corrected chi connectivity index (χ4v) is 2.16. The van der Waals surface area contributed by atoms with E-state index in [4.69, 9.17) is 9.47 Å². The molecule has 0 unspecified atom stereocenters. The highest BCUT2D eigenvalue weighted by molar-refractivity contribution is 6.02. The summed E-state index contributed by atoms with van der Waals surface area (Å²) in [5, 5.41) is 2.89. The van der Waals surface area contributed by atoms with E-state index in [1.54, 1.807) is 26.4 Å². The molecule has 0 aromatic heterocycles. The van der Waals surface area contributed by atoms with Crippen LogP contribution in [-0.4, -0.2) is 20.1 Å². The molecule has 4 heteroatoms. The number of hydrogen-bond donors (Lipinski definition) is 1. The van der Waals surface area contributed by atoms with Crippen LogP contribution in [0.3, 0.4) is 0 Å². The molecule has 0 fully saturated rings. The summed E-state index contributed by atoms with van der Waals surface area (Å²) in [5.41, 5.74) is 3.86. The Kier molecular flexibility index (Phi) is 5.41. The molecule has 0 spiro atoms. The molecule has 4 nitrogen and oxygen atoms in total. The lowest BCUT2D eigenvalue weighted by atomic mass is 10.1. The topological polar surface area (TPSA) is 47.6 Å². The second-order valence-electron chi connectivity index (χ2n) is 5.22. The van der Waals surface area contributed by atoms with Crippen molar-refractivity contribution in [3.8, 4) is 11.5 Å². The molecule has 120 valence electrons. The zero-order chi connectivity index (χ0) is 16.8. The SMILES string of the molecule is COc1cc(/C=C/C(=O)Nc2cccc(C)c2C)cc(OC)c1. The number of benzene rings is 2. The highest BCUT2D eigenvalue weighted by atomic mass is 16.5. The summed E-state index contributed by atoms with van der Waals surface area (Å²) >= 11 is 0. The van der Waals surface area contributed by atoms with Crippen LogP contribution in [0.1, 0.15) is 16.7 Å². The van der Waals surface area contributed by atoms with Gasteiger partial charge in [-0.1, -0.05) is 12.1 Å². The molecule has 0 saturated carbocycles. The minimum Gasteiger partial charge on any atom is -0.497 e. The van der Waals surface area contributed by atoms with Gasteiger partial charge in [-0.25, -0.2) is 0 Å². The average Bonchev–Trinajstić information content (AvgIpc) is 2.56. The largest absolute Gasteiger partial charge is 0.497 e. The highest BCUT2D eigenvalue weighted by Crippen LogP contribution is 2.23. The fourth-order valence-electron chi connectivity index (χ4n) is 2.16. The standard InChI is InChI=1S/C19H21NO3/c1-13-6-5-7-18(14(13)2)20-19(21)9-8-15-10-16(22-3)12-17(11-15)23-4/h5-12H,1-4H3,(H,20,21)/b9-8+. The molecular weight excluding hydrogens is 290 g/mol. The van der Waals surface area contributed by atoms with Gasteiger partial charge in [-0.05, 0) is 54.8 Å². The fraction of sp³-hybridized carbons (Fsp3) is 0.211. The number of carbonyl (C=O) groups excluding carboxylic acids is 1. The third-order valence-electron chi connectivity index (χ3n) is 3.66. The van der Waals surface area contributed by atoms with E-state index < -0.39 is 0 Å². The molecule has 23 heavy (non-hydrogen) atoms. The number of carbonyl (C=O) groups is 1. The molecule has 0 atom stereocenters. The lowest BCUT2D eigenvalue weighted by Crippen LogP contribution is -2.09. The monoisotopic (exact) mass is 311 g/mol. The molecule has 2 aromatic rings. The number of anilines is 1. The zero-order valence-corrected chi connectivity index (χ0v) is 13.8. The van der Waals surface area contributed by atoms with Crippen molar-refractivity contribution in [2.75, 3.05) is 19.5 Å². The first kappa shape index (κ1) is 16.6. The molecule has 2 aromatic carbocycles. The van der Waals surface area contributed by atoms with E-state index in [2.05, 4.69) is 5.32 Å². The van der Waals surface area contributed by atoms with Crippen LogP contribution in [0, 0.1) is 13.8 Å². The van der Waals surface area contributed by atoms with Gasteiger partial charge >= 0.3 is 0 Å². The number of nitrogens with one attached hydrogen (secondary N) is 1. The van der Waals surface area contributed by atoms with Crippen LogP contribution in [0.2, 0.25) is 0 Å². The molecule has 0 aliphatic carbocycles. The molecule has 0 aliphatic heterocycles. The predicted molar refractivity (Wildman–Crippen MR) is 93.1 cm³/mol. The smallest absolute Gasteiger partial charge is 0.248 e. The third-order valence-corrected chi connectivity index (χ3v) is 3.66. The first-order valence-corrected chi connectivity index (χ1v) is 7.32. The molecule has 1 N–H and O–H groups in total. The number of hydrogen-bond acceptors (Lipinski definition) is 3. The van der Waals surface area contributed by atoms with Crippen molar-refractivity contribution >= 4 is 17.7 Å². The van der Waals surface area contributed by atoms with Crippen LogP contribution in [0.5, 0.6) is 11.5 Å². The van der Waals surface area contributed by atoms with Gasteiger partial charge in [0, 0.05) is 17.8 Å². The number of amides is 1. The molecule has 1 amide bonds. The first-order chi connectivity index (χ1) is 11.0. The van der Waals surface area contributed by atoms with Gasteiger partial charge in [-0.3, -0.25) is 4.79 Å². The number of aryl methyl sites for hydroxylation is 1. The Bertz CT molecular complexity index is 713. The predicted octanol–water partition coefficient (Wildman–Crippen LogP) is 3.97. The summed E-state index contributed by atoms with van der Waals surface area (Å²) in [7, 11) is 3.19. The first-order valence-electron chi connectivity index (χ1n) is 7.32. The summed E-state index contributed by atoms with van der Waals surface area (Å²) < 4.78 is 10.4. The van der Waals surface area contributed by atoms with E-state index in [9.17, 15) is 4.79 Å². The van der Waals surface area contributed by atoms with E-state index in [1.165, 1.54) is 6.08 Å². The Morgan fingerprint density at radius 2 is 1.70 bits per heavy atom. The molecule has 0 heterocycles. The van der Waals surface area contributed by atoms with Gasteiger partial charge in [-0.15, -0.1) is 0 Å². The maximum Gasteiger partial charge on any atom is 0.248 e. The number of rotatable bonds is 5. The minimum absolute atomic E-state index is 0.180. The Morgan fingerprint density at radius 1 is 1.04 bits per heavy atom. The van der Waals surface area contributed by atoms with E-state index >= 15 is 0 Å². The summed E-state index contributed by atoms with van der Waals surface area (Å²) in [5.74, 6) is 1.18. The van der Waals surface area contributed by atoms with Crippen LogP contribution < -0.4 is 14.8 Å². The summed E-state index contributed by atoms with van der Waals surface area (Å²) in [6.45, 7) is 4.00. The minimum atomic E-state index is -0.180. The zero-order valence-electron chi connectivity index (χ0n) is 13.8. The second-order valence-corrected chi connectivity index (χ2v) is 5.22. The van der Waals surface area contributed by atoms with Crippen LogP contribution in [0.15, 0.2) is 42.5 Å². The maximum atomic E-state index is 12.1. The van der Waals surface area contributed by atoms with E-state index in [-0.39, 0.29) is 5.91 Å². The van der Waals surface area contributed by atoms with Crippen molar-refractivity contribution in [3.05, 3.63) is 59.2 Å². The molecule has 0 aliphatic rings. The Morgan fingerprint density at radius 3 is 2.30 bits per heavy atom. The normalized spacial score (nSPS) is 10.6. The van der Waals surface area contributed by atoms with Crippen molar-refractivity contribution in [1.82, 2.24) is 0 Å². The quantitative estimate of drug-likeness (QED) is 0.850. The van der Waals surface area contributed by atoms with Crippen LogP contribution in [0.25, 0.3) is 6.08 Å². The van der Waals surface area contributed by atoms with Crippen molar-refractivity contribution in [2.24, 2.45) is 0 Å². The highest BCUT2D eigenvalue weighted by Gasteiger charge is 2.04. The van der Waals surface area contributed by atoms with Gasteiger partial charge in [-0.2, -0.15) is 0 Å². The van der Waals surface area contributed by atoms with Gasteiger partial charge in [0.1, 0.15) is 11.5 Å². The lowest BCUT2D eigenvalue weighted by molar-refractivity contribution is -0.111.